The van der Waals surface area contributed by atoms with Crippen LogP contribution in [-0.2, 0) is 14.3 Å². The van der Waals surface area contributed by atoms with Gasteiger partial charge < -0.3 is 19.7 Å². The summed E-state index contributed by atoms with van der Waals surface area (Å²) >= 11 is 0. The molecule has 1 amide bonds. The maximum absolute atomic E-state index is 13.9. The number of rotatable bonds is 8. The van der Waals surface area contributed by atoms with Crippen molar-refractivity contribution < 1.29 is 32.6 Å². The van der Waals surface area contributed by atoms with Gasteiger partial charge in [-0.25, -0.2) is 27.8 Å². The van der Waals surface area contributed by atoms with Gasteiger partial charge in [-0.1, -0.05) is 13.8 Å². The van der Waals surface area contributed by atoms with Crippen LogP contribution in [0.3, 0.4) is 0 Å². The molecule has 1 aromatic carbocycles. The second-order valence-electron chi connectivity index (χ2n) is 10.6. The lowest BCUT2D eigenvalue weighted by atomic mass is 10.1. The van der Waals surface area contributed by atoms with E-state index >= 15 is 0 Å². The van der Waals surface area contributed by atoms with Crippen molar-refractivity contribution in [1.82, 2.24) is 24.4 Å². The predicted molar refractivity (Wildman–Crippen MR) is 145 cm³/mol. The van der Waals surface area contributed by atoms with Crippen LogP contribution in [0.15, 0.2) is 48.9 Å². The van der Waals surface area contributed by atoms with E-state index in [4.69, 9.17) is 9.47 Å². The number of fused-ring (bicyclic) bond motifs is 3. The summed E-state index contributed by atoms with van der Waals surface area (Å²) < 4.78 is 40.9. The topological polar surface area (TPSA) is 133 Å². The van der Waals surface area contributed by atoms with Gasteiger partial charge in [0.15, 0.2) is 11.3 Å². The number of nitrogens with zero attached hydrogens (tertiary/aromatic N) is 6. The number of ether oxygens (including phenoxy) is 2. The summed E-state index contributed by atoms with van der Waals surface area (Å²) in [7, 11) is 0. The van der Waals surface area contributed by atoms with E-state index in [0.717, 1.165) is 11.1 Å². The van der Waals surface area contributed by atoms with E-state index in [0.29, 0.717) is 24.7 Å². The molecule has 218 valence electrons. The van der Waals surface area contributed by atoms with Crippen LogP contribution in [-0.4, -0.2) is 67.5 Å². The Morgan fingerprint density at radius 1 is 1.17 bits per heavy atom. The van der Waals surface area contributed by atoms with E-state index in [1.54, 1.807) is 6.20 Å². The number of amides is 1. The maximum atomic E-state index is 13.9. The van der Waals surface area contributed by atoms with Crippen molar-refractivity contribution in [3.05, 3.63) is 65.7 Å². The van der Waals surface area contributed by atoms with Gasteiger partial charge in [0.2, 0.25) is 0 Å². The standard InChI is InChI=1S/C28H27F2N7O5/c1-15(2)9-23(38)42-28(40)16-3-5-17(6-4-16)37-13-21(24(34-37)25(29)30)32-27(39)20-11-31-36-8-7-22(33-26(20)36)35-12-19-10-18(35)14-41-19/h3-8,11,13,15,18-19,25H,9-10,12,14H2,1-2H3,(H,32,39)/t18?,19-/m1/s1. The summed E-state index contributed by atoms with van der Waals surface area (Å²) in [6, 6.07) is 7.74. The summed E-state index contributed by atoms with van der Waals surface area (Å²) in [5.41, 5.74) is 0.0226. The number of alkyl halides is 2. The fourth-order valence-corrected chi connectivity index (χ4v) is 5.11. The molecule has 4 aromatic rings. The normalized spacial score (nSPS) is 17.9. The Morgan fingerprint density at radius 2 is 1.95 bits per heavy atom. The minimum atomic E-state index is -2.98. The summed E-state index contributed by atoms with van der Waals surface area (Å²) in [4.78, 5) is 44.1. The highest BCUT2D eigenvalue weighted by atomic mass is 19.3. The van der Waals surface area contributed by atoms with Crippen LogP contribution in [0.1, 0.15) is 59.5 Å². The van der Waals surface area contributed by atoms with Gasteiger partial charge in [-0.3, -0.25) is 9.59 Å². The van der Waals surface area contributed by atoms with Gasteiger partial charge in [-0.2, -0.15) is 10.2 Å². The van der Waals surface area contributed by atoms with Crippen molar-refractivity contribution in [2.45, 2.75) is 45.3 Å². The molecule has 1 unspecified atom stereocenters. The number of anilines is 2. The number of hydrogen-bond acceptors (Lipinski definition) is 9. The monoisotopic (exact) mass is 579 g/mol. The lowest BCUT2D eigenvalue weighted by Crippen LogP contribution is -2.37. The lowest BCUT2D eigenvalue weighted by molar-refractivity contribution is -0.138. The number of esters is 2. The van der Waals surface area contributed by atoms with Crippen molar-refractivity contribution in [3.63, 3.8) is 0 Å². The number of morpholine rings is 1. The van der Waals surface area contributed by atoms with Crippen LogP contribution in [0, 0.1) is 5.92 Å². The Hall–Kier alpha value is -4.72. The van der Waals surface area contributed by atoms with Crippen LogP contribution in [0.25, 0.3) is 11.3 Å². The number of halogens is 2. The molecule has 0 spiro atoms. The fourth-order valence-electron chi connectivity index (χ4n) is 5.11. The third-order valence-electron chi connectivity index (χ3n) is 7.14. The second kappa shape index (κ2) is 10.9. The molecule has 3 aromatic heterocycles. The Labute approximate surface area is 238 Å². The molecular formula is C28H27F2N7O5. The van der Waals surface area contributed by atoms with Gasteiger partial charge in [0, 0.05) is 19.2 Å². The summed E-state index contributed by atoms with van der Waals surface area (Å²) in [6.07, 6.45) is 2.48. The van der Waals surface area contributed by atoms with E-state index in [9.17, 15) is 23.2 Å². The van der Waals surface area contributed by atoms with Crippen molar-refractivity contribution in [2.75, 3.05) is 23.4 Å². The highest BCUT2D eigenvalue weighted by Gasteiger charge is 2.39. The third kappa shape index (κ3) is 5.32. The lowest BCUT2D eigenvalue weighted by Gasteiger charge is -2.27. The highest BCUT2D eigenvalue weighted by Crippen LogP contribution is 2.32. The molecule has 2 atom stereocenters. The van der Waals surface area contributed by atoms with E-state index < -0.39 is 30.0 Å². The average Bonchev–Trinajstić information content (AvgIpc) is 3.75. The SMILES string of the molecule is CC(C)CC(=O)OC(=O)c1ccc(-n2cc(NC(=O)c3cnn4ccc(N5C[C@H]6CC5CO6)nc34)c(C(F)F)n2)cc1. The van der Waals surface area contributed by atoms with Crippen LogP contribution in [0.5, 0.6) is 0 Å². The molecule has 14 heteroatoms. The van der Waals surface area contributed by atoms with Crippen LogP contribution < -0.4 is 10.2 Å². The quantitative estimate of drug-likeness (QED) is 0.244. The van der Waals surface area contributed by atoms with Gasteiger partial charge in [0.05, 0.1) is 48.1 Å². The van der Waals surface area contributed by atoms with E-state index in [2.05, 4.69) is 25.4 Å². The minimum absolute atomic E-state index is 0.0355. The molecule has 2 bridgehead atoms. The molecule has 1 N–H and O–H groups in total. The third-order valence-corrected chi connectivity index (χ3v) is 7.14. The van der Waals surface area contributed by atoms with Gasteiger partial charge in [-0.05, 0) is 42.7 Å². The molecule has 2 aliphatic rings. The second-order valence-corrected chi connectivity index (χ2v) is 10.6. The van der Waals surface area contributed by atoms with Crippen molar-refractivity contribution in [1.29, 1.82) is 0 Å². The predicted octanol–water partition coefficient (Wildman–Crippen LogP) is 3.81. The molecular weight excluding hydrogens is 552 g/mol. The van der Waals surface area contributed by atoms with Crippen molar-refractivity contribution >= 4 is 35.0 Å². The zero-order valence-electron chi connectivity index (χ0n) is 22.7. The highest BCUT2D eigenvalue weighted by molar-refractivity contribution is 6.08. The van der Waals surface area contributed by atoms with Gasteiger partial charge in [-0.15, -0.1) is 0 Å². The van der Waals surface area contributed by atoms with Crippen LogP contribution >= 0.6 is 0 Å². The Balaban J connectivity index is 1.21. The number of carbonyl (C=O) groups is 3. The molecule has 0 saturated carbocycles. The zero-order valence-corrected chi connectivity index (χ0v) is 22.7. The van der Waals surface area contributed by atoms with E-state index in [1.165, 1.54) is 41.2 Å². The number of hydrogen-bond donors (Lipinski definition) is 1. The van der Waals surface area contributed by atoms with Crippen molar-refractivity contribution in [2.24, 2.45) is 5.92 Å². The molecule has 2 aliphatic heterocycles. The zero-order chi connectivity index (χ0) is 29.5. The number of aromatic nitrogens is 5. The molecule has 2 saturated heterocycles. The maximum Gasteiger partial charge on any atom is 0.345 e. The molecule has 0 aliphatic carbocycles. The first kappa shape index (κ1) is 27.4. The summed E-state index contributed by atoms with van der Waals surface area (Å²) in [5, 5.41) is 10.6. The van der Waals surface area contributed by atoms with Gasteiger partial charge in [0.1, 0.15) is 11.4 Å². The minimum Gasteiger partial charge on any atom is -0.389 e. The molecule has 5 heterocycles. The molecule has 2 fully saturated rings. The molecule has 42 heavy (non-hydrogen) atoms. The number of nitrogens with one attached hydrogen (secondary N) is 1. The Kier molecular flexibility index (Phi) is 7.14. The molecule has 6 rings (SSSR count). The van der Waals surface area contributed by atoms with E-state index in [1.807, 2.05) is 19.9 Å². The first-order valence-corrected chi connectivity index (χ1v) is 13.4. The van der Waals surface area contributed by atoms with Crippen molar-refractivity contribution in [3.8, 4) is 5.69 Å². The fraction of sp³-hybridized carbons (Fsp3) is 0.357. The summed E-state index contributed by atoms with van der Waals surface area (Å²) in [6.45, 7) is 4.98. The average molecular weight is 580 g/mol. The first-order chi connectivity index (χ1) is 20.2. The first-order valence-electron chi connectivity index (χ1n) is 13.4. The van der Waals surface area contributed by atoms with E-state index in [-0.39, 0.29) is 46.9 Å². The van der Waals surface area contributed by atoms with Gasteiger partial charge >= 0.3 is 11.9 Å². The number of benzene rings is 1. The molecule has 12 nitrogen and oxygen atoms in total. The smallest absolute Gasteiger partial charge is 0.345 e. The van der Waals surface area contributed by atoms with Crippen LogP contribution in [0.4, 0.5) is 20.3 Å². The van der Waals surface area contributed by atoms with Gasteiger partial charge in [0.25, 0.3) is 12.3 Å². The molecule has 0 radical (unpaired) electrons. The number of carbonyl (C=O) groups excluding carboxylic acids is 3. The largest absolute Gasteiger partial charge is 0.389 e. The Bertz CT molecular complexity index is 1670. The summed E-state index contributed by atoms with van der Waals surface area (Å²) in [5.74, 6) is -1.40. The Morgan fingerprint density at radius 3 is 2.62 bits per heavy atom. The van der Waals surface area contributed by atoms with Crippen LogP contribution in [0.2, 0.25) is 0 Å².